The molecule has 0 atom stereocenters. The van der Waals surface area contributed by atoms with Crippen LogP contribution in [0.3, 0.4) is 0 Å². The molecule has 0 radical (unpaired) electrons. The molecule has 3 heterocycles. The number of nitrogens with zero attached hydrogens (tertiary/aromatic N) is 2. The van der Waals surface area contributed by atoms with Gasteiger partial charge in [-0.25, -0.2) is 9.97 Å². The number of pyridine rings is 2. The summed E-state index contributed by atoms with van der Waals surface area (Å²) >= 11 is 0. The number of allylic oxidation sites excluding steroid dienone is 4. The van der Waals surface area contributed by atoms with Gasteiger partial charge in [0, 0.05) is 33.2 Å². The standard InChI is InChI=1S/C61H46N2O/c1-4-5-6-16-29-53-36-51(39-56(62-53)42-19-10-7-11-20-42)47-27-17-25-45(34-47)49-30-32-59-54(37-49)61(2,3)55-38-50(31-33-60(55)64-59)46-26-18-28-48(35-46)52-40-57(43-21-12-8-13-22-43)63-58(41-52)44-23-14-9-15-24-44/h4-41H,1H2,2-3H3/b6-5-,29-16+. The van der Waals surface area contributed by atoms with Gasteiger partial charge < -0.3 is 4.74 Å². The second kappa shape index (κ2) is 17.3. The summed E-state index contributed by atoms with van der Waals surface area (Å²) in [5.41, 5.74) is 18.0. The monoisotopic (exact) mass is 822 g/mol. The highest BCUT2D eigenvalue weighted by Crippen LogP contribution is 2.50. The van der Waals surface area contributed by atoms with Crippen molar-refractivity contribution in [3.63, 3.8) is 0 Å². The van der Waals surface area contributed by atoms with E-state index in [1.807, 2.05) is 42.5 Å². The number of ether oxygens (including phenoxy) is 1. The third kappa shape index (κ3) is 8.15. The van der Waals surface area contributed by atoms with Gasteiger partial charge in [0.2, 0.25) is 0 Å². The van der Waals surface area contributed by atoms with Crippen molar-refractivity contribution in [1.29, 1.82) is 0 Å². The molecule has 1 aliphatic heterocycles. The highest BCUT2D eigenvalue weighted by atomic mass is 16.5. The fourth-order valence-electron chi connectivity index (χ4n) is 8.66. The van der Waals surface area contributed by atoms with Crippen LogP contribution in [0, 0.1) is 0 Å². The van der Waals surface area contributed by atoms with Crippen LogP contribution in [-0.4, -0.2) is 9.97 Å². The Morgan fingerprint density at radius 1 is 0.375 bits per heavy atom. The van der Waals surface area contributed by atoms with Crippen LogP contribution in [-0.2, 0) is 5.41 Å². The minimum atomic E-state index is -0.332. The average molecular weight is 823 g/mol. The molecule has 3 nitrogen and oxygen atoms in total. The van der Waals surface area contributed by atoms with Gasteiger partial charge in [-0.3, -0.25) is 0 Å². The molecule has 0 saturated heterocycles. The van der Waals surface area contributed by atoms with E-state index in [1.54, 1.807) is 6.08 Å². The van der Waals surface area contributed by atoms with Gasteiger partial charge in [0.25, 0.3) is 0 Å². The highest BCUT2D eigenvalue weighted by molar-refractivity contribution is 5.82. The molecule has 0 N–H and O–H groups in total. The maximum Gasteiger partial charge on any atom is 0.131 e. The lowest BCUT2D eigenvalue weighted by atomic mass is 9.74. The predicted molar refractivity (Wildman–Crippen MR) is 267 cm³/mol. The van der Waals surface area contributed by atoms with Crippen molar-refractivity contribution in [2.24, 2.45) is 0 Å². The van der Waals surface area contributed by atoms with E-state index in [1.165, 1.54) is 0 Å². The first kappa shape index (κ1) is 40.0. The van der Waals surface area contributed by atoms with Crippen molar-refractivity contribution in [2.75, 3.05) is 0 Å². The molecule has 306 valence electrons. The first-order valence-corrected chi connectivity index (χ1v) is 21.7. The Morgan fingerprint density at radius 3 is 1.25 bits per heavy atom. The lowest BCUT2D eigenvalue weighted by molar-refractivity contribution is 0.418. The summed E-state index contributed by atoms with van der Waals surface area (Å²) in [4.78, 5) is 10.1. The molecule has 3 heteroatoms. The van der Waals surface area contributed by atoms with Crippen LogP contribution in [0.4, 0.5) is 0 Å². The first-order chi connectivity index (χ1) is 31.4. The molecule has 2 aromatic heterocycles. The summed E-state index contributed by atoms with van der Waals surface area (Å²) in [5, 5.41) is 0. The Bertz CT molecular complexity index is 3160. The smallest absolute Gasteiger partial charge is 0.131 e. The lowest BCUT2D eigenvalue weighted by Crippen LogP contribution is -2.24. The van der Waals surface area contributed by atoms with Gasteiger partial charge in [-0.1, -0.05) is 184 Å². The average Bonchev–Trinajstić information content (AvgIpc) is 3.36. The van der Waals surface area contributed by atoms with Crippen LogP contribution < -0.4 is 4.74 Å². The summed E-state index contributed by atoms with van der Waals surface area (Å²) < 4.78 is 6.68. The first-order valence-electron chi connectivity index (χ1n) is 21.7. The van der Waals surface area contributed by atoms with E-state index in [4.69, 9.17) is 14.7 Å². The zero-order valence-electron chi connectivity index (χ0n) is 35.9. The van der Waals surface area contributed by atoms with E-state index in [2.05, 4.69) is 202 Å². The van der Waals surface area contributed by atoms with Gasteiger partial charge in [-0.15, -0.1) is 0 Å². The minimum absolute atomic E-state index is 0.332. The van der Waals surface area contributed by atoms with Crippen molar-refractivity contribution < 1.29 is 4.74 Å². The topological polar surface area (TPSA) is 35.0 Å². The van der Waals surface area contributed by atoms with E-state index in [0.29, 0.717) is 0 Å². The number of benzene rings is 7. The quantitative estimate of drug-likeness (QED) is 0.129. The summed E-state index contributed by atoms with van der Waals surface area (Å²) in [6.07, 6.45) is 9.69. The van der Waals surface area contributed by atoms with Crippen LogP contribution in [0.15, 0.2) is 231 Å². The second-order valence-corrected chi connectivity index (χ2v) is 16.7. The highest BCUT2D eigenvalue weighted by Gasteiger charge is 2.35. The SMILES string of the molecule is C=C/C=C\C=C\c1cc(-c2cccc(-c3ccc4c(c3)C(C)(C)c3cc(-c5cccc(-c6cc(-c7ccccc7)nc(-c7ccccc7)c6)c5)ccc3O4)c2)cc(-c2ccccc2)n1. The molecular formula is C61H46N2O. The van der Waals surface area contributed by atoms with Gasteiger partial charge >= 0.3 is 0 Å². The Morgan fingerprint density at radius 2 is 0.781 bits per heavy atom. The van der Waals surface area contributed by atoms with Crippen LogP contribution in [0.1, 0.15) is 30.7 Å². The van der Waals surface area contributed by atoms with Gasteiger partial charge in [-0.05, 0) is 111 Å². The fourth-order valence-corrected chi connectivity index (χ4v) is 8.66. The third-order valence-corrected chi connectivity index (χ3v) is 12.1. The van der Waals surface area contributed by atoms with Crippen molar-refractivity contribution in [3.8, 4) is 89.8 Å². The molecule has 0 saturated carbocycles. The van der Waals surface area contributed by atoms with Gasteiger partial charge in [0.05, 0.1) is 22.8 Å². The molecule has 0 unspecified atom stereocenters. The molecule has 9 aromatic rings. The summed E-state index contributed by atoms with van der Waals surface area (Å²) in [6, 6.07) is 70.8. The third-order valence-electron chi connectivity index (χ3n) is 12.1. The van der Waals surface area contributed by atoms with Crippen LogP contribution >= 0.6 is 0 Å². The number of hydrogen-bond donors (Lipinski definition) is 0. The zero-order chi connectivity index (χ0) is 43.5. The molecule has 0 bridgehead atoms. The summed E-state index contributed by atoms with van der Waals surface area (Å²) in [6.45, 7) is 8.40. The van der Waals surface area contributed by atoms with E-state index in [9.17, 15) is 0 Å². The largest absolute Gasteiger partial charge is 0.457 e. The molecule has 1 aliphatic rings. The molecule has 0 amide bonds. The Balaban J connectivity index is 0.979. The van der Waals surface area contributed by atoms with Crippen LogP contribution in [0.2, 0.25) is 0 Å². The molecule has 0 fully saturated rings. The van der Waals surface area contributed by atoms with Gasteiger partial charge in [0.15, 0.2) is 0 Å². The van der Waals surface area contributed by atoms with E-state index >= 15 is 0 Å². The fraction of sp³-hybridized carbons (Fsp3) is 0.0492. The summed E-state index contributed by atoms with van der Waals surface area (Å²) in [7, 11) is 0. The summed E-state index contributed by atoms with van der Waals surface area (Å²) in [5.74, 6) is 1.77. The molecule has 0 spiro atoms. The predicted octanol–water partition coefficient (Wildman–Crippen LogP) is 16.3. The zero-order valence-corrected chi connectivity index (χ0v) is 35.9. The van der Waals surface area contributed by atoms with Crippen molar-refractivity contribution in [2.45, 2.75) is 19.3 Å². The minimum Gasteiger partial charge on any atom is -0.457 e. The maximum atomic E-state index is 6.68. The van der Waals surface area contributed by atoms with Gasteiger partial charge in [0.1, 0.15) is 11.5 Å². The Hall–Kier alpha value is -8.14. The molecule has 64 heavy (non-hydrogen) atoms. The van der Waals surface area contributed by atoms with Crippen LogP contribution in [0.5, 0.6) is 11.5 Å². The van der Waals surface area contributed by atoms with E-state index < -0.39 is 0 Å². The normalized spacial score (nSPS) is 12.7. The van der Waals surface area contributed by atoms with Crippen molar-refractivity contribution in [1.82, 2.24) is 9.97 Å². The van der Waals surface area contributed by atoms with Crippen molar-refractivity contribution in [3.05, 3.63) is 248 Å². The van der Waals surface area contributed by atoms with Crippen molar-refractivity contribution >= 4 is 6.08 Å². The molecule has 0 aliphatic carbocycles. The molecule has 10 rings (SSSR count). The Kier molecular flexibility index (Phi) is 10.8. The number of hydrogen-bond acceptors (Lipinski definition) is 3. The van der Waals surface area contributed by atoms with E-state index in [-0.39, 0.29) is 5.41 Å². The molecule has 7 aromatic carbocycles. The van der Waals surface area contributed by atoms with Gasteiger partial charge in [-0.2, -0.15) is 0 Å². The molecular weight excluding hydrogens is 777 g/mol. The number of fused-ring (bicyclic) bond motifs is 2. The van der Waals surface area contributed by atoms with Crippen LogP contribution in [0.25, 0.3) is 84.4 Å². The maximum absolute atomic E-state index is 6.68. The number of rotatable bonds is 10. The lowest BCUT2D eigenvalue weighted by Gasteiger charge is -2.35. The number of aromatic nitrogens is 2. The van der Waals surface area contributed by atoms with E-state index in [0.717, 1.165) is 107 Å². The Labute approximate surface area is 376 Å². The second-order valence-electron chi connectivity index (χ2n) is 16.7.